The number of nitro groups is 1. The Labute approximate surface area is 116 Å². The number of aromatic nitrogens is 2. The summed E-state index contributed by atoms with van der Waals surface area (Å²) in [6.45, 7) is 2.56. The molecule has 0 radical (unpaired) electrons. The maximum absolute atomic E-state index is 10.8. The number of nitrogens with zero attached hydrogens (tertiary/aromatic N) is 3. The van der Waals surface area contributed by atoms with Crippen molar-refractivity contribution in [1.29, 1.82) is 0 Å². The monoisotopic (exact) mass is 272 g/mol. The number of rotatable bonds is 5. The first kappa shape index (κ1) is 12.7. The van der Waals surface area contributed by atoms with Gasteiger partial charge in [-0.3, -0.25) is 10.1 Å². The maximum atomic E-state index is 10.8. The summed E-state index contributed by atoms with van der Waals surface area (Å²) in [5, 5.41) is 14.1. The highest BCUT2D eigenvalue weighted by Crippen LogP contribution is 2.35. The highest BCUT2D eigenvalue weighted by Gasteiger charge is 2.25. The average molecular weight is 272 g/mol. The van der Waals surface area contributed by atoms with Gasteiger partial charge in [0.15, 0.2) is 0 Å². The first-order valence-corrected chi connectivity index (χ1v) is 6.65. The number of hydrogen-bond donors (Lipinski definition) is 1. The summed E-state index contributed by atoms with van der Waals surface area (Å²) >= 11 is 0. The lowest BCUT2D eigenvalue weighted by Gasteiger charge is -2.11. The molecule has 6 nitrogen and oxygen atoms in total. The van der Waals surface area contributed by atoms with Crippen molar-refractivity contribution < 1.29 is 4.92 Å². The number of benzene rings is 1. The van der Waals surface area contributed by atoms with Crippen LogP contribution in [0, 0.1) is 17.0 Å². The molecule has 1 aliphatic carbocycles. The fraction of sp³-hybridized carbons (Fsp3) is 0.357. The van der Waals surface area contributed by atoms with Crippen molar-refractivity contribution in [2.24, 2.45) is 0 Å². The van der Waals surface area contributed by atoms with Crippen molar-refractivity contribution in [2.45, 2.75) is 32.4 Å². The lowest BCUT2D eigenvalue weighted by molar-refractivity contribution is -0.384. The first-order chi connectivity index (χ1) is 9.65. The molecule has 1 aromatic carbocycles. The van der Waals surface area contributed by atoms with E-state index in [4.69, 9.17) is 0 Å². The van der Waals surface area contributed by atoms with Crippen LogP contribution in [0.3, 0.4) is 0 Å². The number of non-ortho nitro benzene ring substituents is 1. The number of hydrogen-bond acceptors (Lipinski definition) is 4. The predicted molar refractivity (Wildman–Crippen MR) is 75.7 cm³/mol. The van der Waals surface area contributed by atoms with Crippen LogP contribution < -0.4 is 5.32 Å². The van der Waals surface area contributed by atoms with E-state index in [0.717, 1.165) is 16.9 Å². The Morgan fingerprint density at radius 1 is 1.50 bits per heavy atom. The zero-order chi connectivity index (χ0) is 14.1. The van der Waals surface area contributed by atoms with Gasteiger partial charge in [-0.25, -0.2) is 4.98 Å². The molecule has 1 fully saturated rings. The van der Waals surface area contributed by atoms with Crippen LogP contribution in [0.15, 0.2) is 30.7 Å². The highest BCUT2D eigenvalue weighted by molar-refractivity contribution is 5.56. The molecule has 0 atom stereocenters. The average Bonchev–Trinajstić information content (AvgIpc) is 3.17. The minimum atomic E-state index is -0.376. The SMILES string of the molecule is Cc1ccc([N+](=O)[O-])cc1NCc1cncn1C1CC1. The summed E-state index contributed by atoms with van der Waals surface area (Å²) in [5.74, 6) is 0. The van der Waals surface area contributed by atoms with E-state index >= 15 is 0 Å². The van der Waals surface area contributed by atoms with E-state index < -0.39 is 0 Å². The van der Waals surface area contributed by atoms with Crippen molar-refractivity contribution in [2.75, 3.05) is 5.32 Å². The standard InChI is InChI=1S/C14H16N4O2/c1-10-2-3-12(18(19)20)6-14(10)16-8-13-7-15-9-17(13)11-4-5-11/h2-3,6-7,9,11,16H,4-5,8H2,1H3. The lowest BCUT2D eigenvalue weighted by Crippen LogP contribution is -2.07. The molecule has 104 valence electrons. The third kappa shape index (κ3) is 2.49. The van der Waals surface area contributed by atoms with E-state index in [-0.39, 0.29) is 10.6 Å². The van der Waals surface area contributed by atoms with Gasteiger partial charge in [0.05, 0.1) is 23.5 Å². The van der Waals surface area contributed by atoms with Gasteiger partial charge in [-0.2, -0.15) is 0 Å². The van der Waals surface area contributed by atoms with Crippen LogP contribution in [0.5, 0.6) is 0 Å². The van der Waals surface area contributed by atoms with Crippen molar-refractivity contribution in [3.8, 4) is 0 Å². The van der Waals surface area contributed by atoms with Gasteiger partial charge < -0.3 is 9.88 Å². The van der Waals surface area contributed by atoms with Crippen LogP contribution in [-0.4, -0.2) is 14.5 Å². The molecular weight excluding hydrogens is 256 g/mol. The largest absolute Gasteiger partial charge is 0.379 e. The normalized spacial score (nSPS) is 14.2. The topological polar surface area (TPSA) is 73.0 Å². The minimum Gasteiger partial charge on any atom is -0.379 e. The Kier molecular flexibility index (Phi) is 3.14. The zero-order valence-corrected chi connectivity index (χ0v) is 11.2. The van der Waals surface area contributed by atoms with Crippen LogP contribution >= 0.6 is 0 Å². The van der Waals surface area contributed by atoms with Gasteiger partial charge in [-0.1, -0.05) is 6.07 Å². The summed E-state index contributed by atoms with van der Waals surface area (Å²) in [6, 6.07) is 5.45. The molecular formula is C14H16N4O2. The smallest absolute Gasteiger partial charge is 0.271 e. The van der Waals surface area contributed by atoms with Crippen molar-refractivity contribution in [3.63, 3.8) is 0 Å². The van der Waals surface area contributed by atoms with Crippen LogP contribution in [0.1, 0.15) is 30.1 Å². The van der Waals surface area contributed by atoms with Gasteiger partial charge in [0.25, 0.3) is 5.69 Å². The second-order valence-electron chi connectivity index (χ2n) is 5.13. The van der Waals surface area contributed by atoms with Crippen LogP contribution in [-0.2, 0) is 6.54 Å². The lowest BCUT2D eigenvalue weighted by atomic mass is 10.2. The van der Waals surface area contributed by atoms with Gasteiger partial charge in [-0.15, -0.1) is 0 Å². The summed E-state index contributed by atoms with van der Waals surface area (Å²) in [4.78, 5) is 14.6. The van der Waals surface area contributed by atoms with Gasteiger partial charge in [0.1, 0.15) is 0 Å². The molecule has 1 N–H and O–H groups in total. The van der Waals surface area contributed by atoms with E-state index in [2.05, 4.69) is 14.9 Å². The maximum Gasteiger partial charge on any atom is 0.271 e. The van der Waals surface area contributed by atoms with E-state index in [0.29, 0.717) is 12.6 Å². The van der Waals surface area contributed by atoms with Gasteiger partial charge in [-0.05, 0) is 25.3 Å². The summed E-state index contributed by atoms with van der Waals surface area (Å²) in [6.07, 6.45) is 6.12. The quantitative estimate of drug-likeness (QED) is 0.670. The Bertz CT molecular complexity index is 646. The van der Waals surface area contributed by atoms with Crippen molar-refractivity contribution >= 4 is 11.4 Å². The van der Waals surface area contributed by atoms with Crippen LogP contribution in [0.2, 0.25) is 0 Å². The molecule has 1 aliphatic rings. The fourth-order valence-corrected chi connectivity index (χ4v) is 2.25. The second kappa shape index (κ2) is 4.96. The molecule has 3 rings (SSSR count). The fourth-order valence-electron chi connectivity index (χ4n) is 2.25. The molecule has 1 heterocycles. The number of nitro benzene ring substituents is 1. The van der Waals surface area contributed by atoms with Crippen LogP contribution in [0.4, 0.5) is 11.4 Å². The summed E-state index contributed by atoms with van der Waals surface area (Å²) in [5.41, 5.74) is 3.00. The Morgan fingerprint density at radius 2 is 2.30 bits per heavy atom. The van der Waals surface area contributed by atoms with Gasteiger partial charge >= 0.3 is 0 Å². The number of imidazole rings is 1. The van der Waals surface area contributed by atoms with E-state index in [1.54, 1.807) is 12.1 Å². The molecule has 20 heavy (non-hydrogen) atoms. The minimum absolute atomic E-state index is 0.105. The molecule has 0 amide bonds. The third-order valence-corrected chi connectivity index (χ3v) is 3.58. The summed E-state index contributed by atoms with van der Waals surface area (Å²) in [7, 11) is 0. The van der Waals surface area contributed by atoms with Crippen molar-refractivity contribution in [3.05, 3.63) is 52.1 Å². The number of anilines is 1. The Balaban J connectivity index is 1.75. The molecule has 2 aromatic rings. The molecule has 0 unspecified atom stereocenters. The van der Waals surface area contributed by atoms with E-state index in [9.17, 15) is 10.1 Å². The van der Waals surface area contributed by atoms with E-state index in [1.165, 1.54) is 18.9 Å². The van der Waals surface area contributed by atoms with Crippen molar-refractivity contribution in [1.82, 2.24) is 9.55 Å². The Hall–Kier alpha value is -2.37. The predicted octanol–water partition coefficient (Wildman–Crippen LogP) is 3.05. The first-order valence-electron chi connectivity index (χ1n) is 6.65. The number of nitrogens with one attached hydrogen (secondary N) is 1. The molecule has 0 aliphatic heterocycles. The second-order valence-corrected chi connectivity index (χ2v) is 5.13. The van der Waals surface area contributed by atoms with E-state index in [1.807, 2.05) is 19.4 Å². The molecule has 0 saturated heterocycles. The molecule has 6 heteroatoms. The number of aryl methyl sites for hydroxylation is 1. The van der Waals surface area contributed by atoms with Gasteiger partial charge in [0, 0.05) is 30.1 Å². The molecule has 1 aromatic heterocycles. The molecule has 0 bridgehead atoms. The molecule has 0 spiro atoms. The van der Waals surface area contributed by atoms with Crippen LogP contribution in [0.25, 0.3) is 0 Å². The summed E-state index contributed by atoms with van der Waals surface area (Å²) < 4.78 is 2.18. The van der Waals surface area contributed by atoms with Gasteiger partial charge in [0.2, 0.25) is 0 Å². The molecule has 1 saturated carbocycles. The Morgan fingerprint density at radius 3 is 3.00 bits per heavy atom. The third-order valence-electron chi connectivity index (χ3n) is 3.58. The highest BCUT2D eigenvalue weighted by atomic mass is 16.6. The zero-order valence-electron chi connectivity index (χ0n) is 11.2.